The number of hydrogen-bond acceptors (Lipinski definition) is 5. The van der Waals surface area contributed by atoms with Crippen LogP contribution in [0.3, 0.4) is 0 Å². The molecule has 1 aliphatic carbocycles. The van der Waals surface area contributed by atoms with Gasteiger partial charge in [-0.3, -0.25) is 14.3 Å². The molecule has 174 valence electrons. The number of benzene rings is 2. The van der Waals surface area contributed by atoms with Crippen LogP contribution in [0.25, 0.3) is 21.3 Å². The second kappa shape index (κ2) is 9.31. The molecule has 1 N–H and O–H groups in total. The molecule has 1 saturated carbocycles. The maximum absolute atomic E-state index is 13.5. The van der Waals surface area contributed by atoms with E-state index in [9.17, 15) is 9.59 Å². The molecule has 34 heavy (non-hydrogen) atoms. The number of fused-ring (bicyclic) bond motifs is 1. The van der Waals surface area contributed by atoms with Crippen LogP contribution in [0, 0.1) is 6.92 Å². The Morgan fingerprint density at radius 3 is 2.62 bits per heavy atom. The van der Waals surface area contributed by atoms with Crippen LogP contribution in [-0.2, 0) is 7.05 Å². The maximum atomic E-state index is 13.5. The average Bonchev–Trinajstić information content (AvgIpc) is 3.52. The van der Waals surface area contributed by atoms with Crippen LogP contribution in [0.2, 0.25) is 0 Å². The number of carbonyl (C=O) groups is 2. The largest absolute Gasteiger partial charge is 0.349 e. The predicted molar refractivity (Wildman–Crippen MR) is 137 cm³/mol. The quantitative estimate of drug-likeness (QED) is 0.367. The zero-order chi connectivity index (χ0) is 23.8. The zero-order valence-corrected chi connectivity index (χ0v) is 21.3. The topological polar surface area (TPSA) is 80.1 Å². The highest BCUT2D eigenvalue weighted by Gasteiger charge is 2.35. The number of halogens is 1. The Bertz CT molecular complexity index is 1370. The molecule has 5 rings (SSSR count). The molecule has 2 amide bonds. The molecule has 1 aliphatic rings. The third-order valence-corrected chi connectivity index (χ3v) is 7.53. The Hall–Kier alpha value is -3.04. The minimum Gasteiger partial charge on any atom is -0.349 e. The molecule has 2 heterocycles. The molecular formula is C25H24BrN5O2S. The number of carbonyl (C=O) groups excluding carboxylic acids is 2. The van der Waals surface area contributed by atoms with Gasteiger partial charge in [0.1, 0.15) is 5.69 Å². The Labute approximate surface area is 209 Å². The number of nitrogens with zero attached hydrogens (tertiary/aromatic N) is 4. The molecule has 0 bridgehead atoms. The van der Waals surface area contributed by atoms with E-state index in [0.29, 0.717) is 28.4 Å². The van der Waals surface area contributed by atoms with Gasteiger partial charge >= 0.3 is 0 Å². The van der Waals surface area contributed by atoms with E-state index in [-0.39, 0.29) is 17.9 Å². The van der Waals surface area contributed by atoms with E-state index in [1.54, 1.807) is 4.68 Å². The van der Waals surface area contributed by atoms with Gasteiger partial charge in [-0.1, -0.05) is 48.0 Å². The third-order valence-electron chi connectivity index (χ3n) is 5.98. The molecule has 0 spiro atoms. The van der Waals surface area contributed by atoms with Crippen LogP contribution < -0.4 is 5.32 Å². The summed E-state index contributed by atoms with van der Waals surface area (Å²) in [5, 5.41) is 8.14. The van der Waals surface area contributed by atoms with Crippen molar-refractivity contribution in [2.45, 2.75) is 25.8 Å². The van der Waals surface area contributed by atoms with Crippen molar-refractivity contribution in [1.29, 1.82) is 0 Å². The van der Waals surface area contributed by atoms with Crippen LogP contribution in [0.5, 0.6) is 0 Å². The van der Waals surface area contributed by atoms with Gasteiger partial charge in [0.15, 0.2) is 9.61 Å². The molecule has 7 nitrogen and oxygen atoms in total. The first-order chi connectivity index (χ1) is 16.4. The van der Waals surface area contributed by atoms with Crippen LogP contribution in [0.15, 0.2) is 52.4 Å². The van der Waals surface area contributed by atoms with Crippen LogP contribution in [-0.4, -0.2) is 50.6 Å². The number of para-hydroxylation sites is 1. The van der Waals surface area contributed by atoms with Crippen molar-refractivity contribution in [1.82, 2.24) is 25.0 Å². The summed E-state index contributed by atoms with van der Waals surface area (Å²) in [6.45, 7) is 2.80. The number of aromatic nitrogens is 3. The molecule has 0 atom stereocenters. The maximum Gasteiger partial charge on any atom is 0.274 e. The molecule has 1 fully saturated rings. The zero-order valence-electron chi connectivity index (χ0n) is 18.9. The van der Waals surface area contributed by atoms with Gasteiger partial charge in [0.2, 0.25) is 0 Å². The molecule has 0 saturated heterocycles. The van der Waals surface area contributed by atoms with Gasteiger partial charge in [-0.15, -0.1) is 11.3 Å². The fourth-order valence-electron chi connectivity index (χ4n) is 4.07. The van der Waals surface area contributed by atoms with Gasteiger partial charge in [-0.2, -0.15) is 5.10 Å². The highest BCUT2D eigenvalue weighted by Crippen LogP contribution is 2.36. The van der Waals surface area contributed by atoms with E-state index in [4.69, 9.17) is 0 Å². The van der Waals surface area contributed by atoms with Gasteiger partial charge in [-0.25, -0.2) is 4.98 Å². The van der Waals surface area contributed by atoms with Gasteiger partial charge in [0.05, 0.1) is 10.4 Å². The number of nitrogens with one attached hydrogen (secondary N) is 1. The number of hydrogen-bond donors (Lipinski definition) is 1. The van der Waals surface area contributed by atoms with E-state index in [2.05, 4.69) is 31.3 Å². The third kappa shape index (κ3) is 4.50. The van der Waals surface area contributed by atoms with E-state index in [1.807, 2.05) is 67.4 Å². The minimum absolute atomic E-state index is 0.0995. The highest BCUT2D eigenvalue weighted by molar-refractivity contribution is 9.11. The lowest BCUT2D eigenvalue weighted by molar-refractivity contribution is 0.0732. The van der Waals surface area contributed by atoms with Crippen LogP contribution in [0.1, 0.15) is 39.4 Å². The first kappa shape index (κ1) is 22.7. The molecule has 9 heteroatoms. The summed E-state index contributed by atoms with van der Waals surface area (Å²) in [6.07, 6.45) is 1.94. The Balaban J connectivity index is 1.31. The van der Waals surface area contributed by atoms with E-state index in [0.717, 1.165) is 39.7 Å². The summed E-state index contributed by atoms with van der Waals surface area (Å²) >= 11 is 4.91. The lowest BCUT2D eigenvalue weighted by Gasteiger charge is -2.22. The summed E-state index contributed by atoms with van der Waals surface area (Å²) in [6, 6.07) is 15.9. The van der Waals surface area contributed by atoms with Crippen LogP contribution >= 0.6 is 27.3 Å². The molecule has 2 aromatic carbocycles. The number of aryl methyl sites for hydroxylation is 2. The normalized spacial score (nSPS) is 13.3. The molecule has 0 aliphatic heterocycles. The highest BCUT2D eigenvalue weighted by atomic mass is 79.9. The molecule has 0 radical (unpaired) electrons. The summed E-state index contributed by atoms with van der Waals surface area (Å²) in [7, 11) is 1.82. The summed E-state index contributed by atoms with van der Waals surface area (Å²) in [5.41, 5.74) is 3.89. The van der Waals surface area contributed by atoms with Gasteiger partial charge < -0.3 is 10.2 Å². The summed E-state index contributed by atoms with van der Waals surface area (Å²) in [5.74, 6) is -0.339. The lowest BCUT2D eigenvalue weighted by Crippen LogP contribution is -2.40. The minimum atomic E-state index is -0.239. The van der Waals surface area contributed by atoms with Crippen molar-refractivity contribution >= 4 is 50.0 Å². The van der Waals surface area contributed by atoms with Crippen molar-refractivity contribution in [2.24, 2.45) is 7.05 Å². The Morgan fingerprint density at radius 2 is 1.88 bits per heavy atom. The second-order valence-electron chi connectivity index (χ2n) is 8.49. The van der Waals surface area contributed by atoms with Gasteiger partial charge in [-0.05, 0) is 47.3 Å². The predicted octanol–water partition coefficient (Wildman–Crippen LogP) is 4.80. The first-order valence-corrected chi connectivity index (χ1v) is 12.8. The summed E-state index contributed by atoms with van der Waals surface area (Å²) in [4.78, 5) is 33.6. The van der Waals surface area contributed by atoms with Crippen molar-refractivity contribution in [3.05, 3.63) is 69.4 Å². The van der Waals surface area contributed by atoms with Crippen molar-refractivity contribution in [3.63, 3.8) is 0 Å². The van der Waals surface area contributed by atoms with E-state index in [1.165, 1.54) is 11.3 Å². The smallest absolute Gasteiger partial charge is 0.274 e. The van der Waals surface area contributed by atoms with Crippen LogP contribution in [0.4, 0.5) is 0 Å². The van der Waals surface area contributed by atoms with E-state index >= 15 is 0 Å². The van der Waals surface area contributed by atoms with Crippen molar-refractivity contribution in [3.8, 4) is 10.4 Å². The number of thiazole rings is 1. The summed E-state index contributed by atoms with van der Waals surface area (Å²) < 4.78 is 2.38. The van der Waals surface area contributed by atoms with Gasteiger partial charge in [0, 0.05) is 31.6 Å². The molecular weight excluding hydrogens is 514 g/mol. The van der Waals surface area contributed by atoms with Crippen molar-refractivity contribution in [2.75, 3.05) is 13.1 Å². The molecule has 4 aromatic rings. The fourth-order valence-corrected chi connectivity index (χ4v) is 5.52. The fraction of sp³-hybridized carbons (Fsp3) is 0.280. The lowest BCUT2D eigenvalue weighted by atomic mass is 10.1. The van der Waals surface area contributed by atoms with E-state index < -0.39 is 0 Å². The molecule has 2 aromatic heterocycles. The number of amides is 2. The first-order valence-electron chi connectivity index (χ1n) is 11.2. The standard InChI is InChI=1S/C25H24BrN5O2S/c1-15-7-9-16(10-8-15)22-21(28-25(26)34-22)24(33)31(17-11-12-17)14-13-27-23(32)20-18-5-3-4-6-19(18)30(2)29-20/h3-10,17H,11-14H2,1-2H3,(H,27,32). The second-order valence-corrected chi connectivity index (χ2v) is 10.8. The average molecular weight is 538 g/mol. The monoisotopic (exact) mass is 537 g/mol. The Kier molecular flexibility index (Phi) is 6.22. The Morgan fingerprint density at radius 1 is 1.15 bits per heavy atom. The number of rotatable bonds is 7. The van der Waals surface area contributed by atoms with Gasteiger partial charge in [0.25, 0.3) is 11.8 Å². The van der Waals surface area contributed by atoms with Crippen molar-refractivity contribution < 1.29 is 9.59 Å². The SMILES string of the molecule is Cc1ccc(-c2sc(Br)nc2C(=O)N(CCNC(=O)c2nn(C)c3ccccc23)C2CC2)cc1. The molecule has 0 unspecified atom stereocenters.